The summed E-state index contributed by atoms with van der Waals surface area (Å²) >= 11 is 0. The number of ether oxygens (including phenoxy) is 1. The van der Waals surface area contributed by atoms with Crippen LogP contribution in [0.3, 0.4) is 0 Å². The highest BCUT2D eigenvalue weighted by molar-refractivity contribution is 6.09. The van der Waals surface area contributed by atoms with E-state index in [1.165, 1.54) is 11.1 Å². The molecule has 3 aliphatic rings. The smallest absolute Gasteiger partial charge is 0.235 e. The van der Waals surface area contributed by atoms with Crippen LogP contribution in [-0.2, 0) is 21.4 Å². The zero-order valence-corrected chi connectivity index (χ0v) is 20.7. The van der Waals surface area contributed by atoms with Crippen molar-refractivity contribution in [1.29, 1.82) is 0 Å². The minimum atomic E-state index is -0.415. The predicted octanol–water partition coefficient (Wildman–Crippen LogP) is 4.99. The Kier molecular flexibility index (Phi) is 5.45. The monoisotopic (exact) mass is 490 g/mol. The van der Waals surface area contributed by atoms with Crippen LogP contribution < -0.4 is 5.32 Å². The van der Waals surface area contributed by atoms with Crippen LogP contribution in [0, 0.1) is 0 Å². The number of anilines is 1. The first-order valence-corrected chi connectivity index (χ1v) is 13.2. The van der Waals surface area contributed by atoms with Gasteiger partial charge in [-0.1, -0.05) is 60.7 Å². The molecule has 37 heavy (non-hydrogen) atoms. The van der Waals surface area contributed by atoms with Gasteiger partial charge in [0.15, 0.2) is 0 Å². The Balaban J connectivity index is 1.04. The van der Waals surface area contributed by atoms with Gasteiger partial charge in [-0.15, -0.1) is 0 Å². The fraction of sp³-hybridized carbons (Fsp3) is 0.290. The second-order valence-corrected chi connectivity index (χ2v) is 10.4. The second-order valence-electron chi connectivity index (χ2n) is 10.4. The maximum atomic E-state index is 12.9. The molecule has 1 aromatic heterocycles. The number of carbonyl (C=O) groups excluding carboxylic acids is 1. The van der Waals surface area contributed by atoms with Crippen LogP contribution in [0.15, 0.2) is 66.7 Å². The first-order valence-electron chi connectivity index (χ1n) is 13.2. The zero-order valence-electron chi connectivity index (χ0n) is 20.7. The molecule has 1 spiro atoms. The number of rotatable bonds is 6. The number of benzene rings is 3. The lowest BCUT2D eigenvalue weighted by atomic mass is 9.92. The summed E-state index contributed by atoms with van der Waals surface area (Å²) in [6, 6.07) is 23.3. The van der Waals surface area contributed by atoms with Crippen LogP contribution in [0.5, 0.6) is 0 Å². The minimum Gasteiger partial charge on any atom is -0.379 e. The van der Waals surface area contributed by atoms with Gasteiger partial charge in [0.1, 0.15) is 0 Å². The van der Waals surface area contributed by atoms with Crippen molar-refractivity contribution in [3.05, 3.63) is 94.7 Å². The lowest BCUT2D eigenvalue weighted by molar-refractivity contribution is -0.118. The van der Waals surface area contributed by atoms with E-state index in [-0.39, 0.29) is 11.8 Å². The van der Waals surface area contributed by atoms with Crippen molar-refractivity contribution < 1.29 is 9.53 Å². The molecule has 6 nitrogen and oxygen atoms in total. The van der Waals surface area contributed by atoms with Gasteiger partial charge in [0.25, 0.3) is 0 Å². The van der Waals surface area contributed by atoms with Gasteiger partial charge in [0.2, 0.25) is 5.91 Å². The Hall–Kier alpha value is -3.74. The summed E-state index contributed by atoms with van der Waals surface area (Å²) in [6.45, 7) is 4.84. The molecule has 3 heterocycles. The molecule has 6 heteroatoms. The number of H-pyrrole nitrogens is 1. The summed E-state index contributed by atoms with van der Waals surface area (Å²) < 4.78 is 5.43. The van der Waals surface area contributed by atoms with Crippen molar-refractivity contribution >= 4 is 34.6 Å². The van der Waals surface area contributed by atoms with Gasteiger partial charge in [0, 0.05) is 36.6 Å². The Morgan fingerprint density at radius 1 is 1.03 bits per heavy atom. The quantitative estimate of drug-likeness (QED) is 0.400. The topological polar surface area (TPSA) is 70.2 Å². The summed E-state index contributed by atoms with van der Waals surface area (Å²) in [6.07, 6.45) is 6.10. The van der Waals surface area contributed by atoms with Crippen LogP contribution in [0.4, 0.5) is 5.69 Å². The fourth-order valence-electron chi connectivity index (χ4n) is 6.04. The Bertz CT molecular complexity index is 1500. The van der Waals surface area contributed by atoms with Crippen LogP contribution in [-0.4, -0.2) is 53.9 Å². The Morgan fingerprint density at radius 3 is 2.73 bits per heavy atom. The van der Waals surface area contributed by atoms with Crippen molar-refractivity contribution in [1.82, 2.24) is 15.1 Å². The molecule has 1 amide bonds. The van der Waals surface area contributed by atoms with Crippen molar-refractivity contribution in [2.45, 2.75) is 24.2 Å². The molecular weight excluding hydrogens is 460 g/mol. The van der Waals surface area contributed by atoms with Gasteiger partial charge in [0.05, 0.1) is 29.8 Å². The highest BCUT2D eigenvalue weighted by Gasteiger charge is 2.65. The Morgan fingerprint density at radius 2 is 1.86 bits per heavy atom. The number of nitrogens with one attached hydrogen (secondary N) is 2. The number of aromatic nitrogens is 2. The molecule has 2 unspecified atom stereocenters. The van der Waals surface area contributed by atoms with E-state index in [2.05, 4.69) is 81.1 Å². The number of amides is 1. The minimum absolute atomic E-state index is 0.124. The van der Waals surface area contributed by atoms with E-state index < -0.39 is 5.41 Å². The van der Waals surface area contributed by atoms with Crippen LogP contribution in [0.1, 0.15) is 40.3 Å². The summed E-state index contributed by atoms with van der Waals surface area (Å²) in [4.78, 5) is 15.3. The van der Waals surface area contributed by atoms with E-state index in [1.807, 2.05) is 18.2 Å². The first kappa shape index (κ1) is 22.5. The lowest BCUT2D eigenvalue weighted by Crippen LogP contribution is -2.37. The normalized spacial score (nSPS) is 23.1. The number of aromatic amines is 1. The fourth-order valence-corrected chi connectivity index (χ4v) is 6.04. The second kappa shape index (κ2) is 8.98. The molecule has 186 valence electrons. The van der Waals surface area contributed by atoms with E-state index >= 15 is 0 Å². The number of para-hydroxylation sites is 1. The number of fused-ring (bicyclic) bond motifs is 3. The molecule has 1 saturated heterocycles. The molecule has 3 aromatic carbocycles. The average Bonchev–Trinajstić information content (AvgIpc) is 3.48. The molecule has 1 aliphatic carbocycles. The average molecular weight is 491 g/mol. The third-order valence-electron chi connectivity index (χ3n) is 8.27. The maximum absolute atomic E-state index is 12.9. The first-order chi connectivity index (χ1) is 18.2. The van der Waals surface area contributed by atoms with E-state index in [0.29, 0.717) is 0 Å². The number of hydrogen-bond donors (Lipinski definition) is 2. The van der Waals surface area contributed by atoms with E-state index in [0.717, 1.165) is 79.1 Å². The number of carbonyl (C=O) groups is 1. The number of morpholine rings is 1. The molecule has 2 aliphatic heterocycles. The zero-order chi connectivity index (χ0) is 24.8. The molecule has 0 bridgehead atoms. The molecule has 2 N–H and O–H groups in total. The number of hydrogen-bond acceptors (Lipinski definition) is 4. The largest absolute Gasteiger partial charge is 0.379 e. The molecular formula is C31H30N4O2. The lowest BCUT2D eigenvalue weighted by Gasteiger charge is -2.26. The van der Waals surface area contributed by atoms with Crippen molar-refractivity contribution in [3.63, 3.8) is 0 Å². The van der Waals surface area contributed by atoms with Gasteiger partial charge >= 0.3 is 0 Å². The van der Waals surface area contributed by atoms with E-state index in [1.54, 1.807) is 0 Å². The molecule has 4 aromatic rings. The SMILES string of the molecule is O=C1Nc2ccccc2C12CC2c1ccc2c(/C=C/c3ccc(CCN4CCOCC4)cc3)n[nH]c2c1. The predicted molar refractivity (Wildman–Crippen MR) is 147 cm³/mol. The van der Waals surface area contributed by atoms with Crippen LogP contribution >= 0.6 is 0 Å². The molecule has 1 saturated carbocycles. The highest BCUT2D eigenvalue weighted by atomic mass is 16.5. The van der Waals surface area contributed by atoms with Crippen molar-refractivity contribution in [2.75, 3.05) is 38.2 Å². The van der Waals surface area contributed by atoms with Crippen molar-refractivity contribution in [2.24, 2.45) is 0 Å². The summed E-state index contributed by atoms with van der Waals surface area (Å²) in [5, 5.41) is 11.9. The summed E-state index contributed by atoms with van der Waals surface area (Å²) in [7, 11) is 0. The third kappa shape index (κ3) is 3.97. The molecule has 2 fully saturated rings. The maximum Gasteiger partial charge on any atom is 0.235 e. The van der Waals surface area contributed by atoms with Crippen LogP contribution in [0.2, 0.25) is 0 Å². The standard InChI is InChI=1S/C31H30N4O2/c36-30-31(25-3-1-2-4-28(25)32-30)20-26(31)23-10-11-24-27(33-34-29(24)19-23)12-9-21-5-7-22(8-6-21)13-14-35-15-17-37-18-16-35/h1-12,19,26H,13-18,20H2,(H,32,36)(H,33,34)/b12-9+. The van der Waals surface area contributed by atoms with Crippen LogP contribution in [0.25, 0.3) is 23.1 Å². The molecule has 2 atom stereocenters. The van der Waals surface area contributed by atoms with Gasteiger partial charge in [-0.2, -0.15) is 5.10 Å². The van der Waals surface area contributed by atoms with E-state index in [9.17, 15) is 4.79 Å². The van der Waals surface area contributed by atoms with Gasteiger partial charge in [-0.25, -0.2) is 0 Å². The highest BCUT2D eigenvalue weighted by Crippen LogP contribution is 2.64. The molecule has 0 radical (unpaired) electrons. The van der Waals surface area contributed by atoms with Gasteiger partial charge < -0.3 is 10.1 Å². The number of nitrogens with zero attached hydrogens (tertiary/aromatic N) is 2. The Labute approximate surface area is 216 Å². The summed E-state index contributed by atoms with van der Waals surface area (Å²) in [5.74, 6) is 0.323. The molecule has 7 rings (SSSR count). The van der Waals surface area contributed by atoms with Gasteiger partial charge in [-0.05, 0) is 53.3 Å². The third-order valence-corrected chi connectivity index (χ3v) is 8.27. The van der Waals surface area contributed by atoms with Crippen molar-refractivity contribution in [3.8, 4) is 0 Å². The summed E-state index contributed by atoms with van der Waals surface area (Å²) in [5.41, 5.74) is 7.30. The van der Waals surface area contributed by atoms with Gasteiger partial charge in [-0.3, -0.25) is 14.8 Å². The van der Waals surface area contributed by atoms with E-state index in [4.69, 9.17) is 4.74 Å².